The van der Waals surface area contributed by atoms with Crippen molar-refractivity contribution in [3.8, 4) is 5.69 Å². The van der Waals surface area contributed by atoms with E-state index in [1.165, 1.54) is 0 Å². The van der Waals surface area contributed by atoms with Gasteiger partial charge in [-0.1, -0.05) is 25.1 Å². The van der Waals surface area contributed by atoms with Crippen LogP contribution >= 0.6 is 0 Å². The van der Waals surface area contributed by atoms with E-state index in [1.54, 1.807) is 11.1 Å². The Hall–Kier alpha value is -2.40. The zero-order valence-corrected chi connectivity index (χ0v) is 11.9. The molecule has 3 aromatic rings. The molecule has 1 atom stereocenters. The summed E-state index contributed by atoms with van der Waals surface area (Å²) in [5.74, 6) is 0.940. The molecule has 0 aliphatic heterocycles. The number of nitrogens with zero attached hydrogens (tertiary/aromatic N) is 3. The molecule has 1 aromatic carbocycles. The summed E-state index contributed by atoms with van der Waals surface area (Å²) in [5, 5.41) is 12.4. The lowest BCUT2D eigenvalue weighted by atomic mass is 10.1. The molecule has 21 heavy (non-hydrogen) atoms. The van der Waals surface area contributed by atoms with Gasteiger partial charge in [-0.3, -0.25) is 0 Å². The molecule has 0 bridgehead atoms. The lowest BCUT2D eigenvalue weighted by Gasteiger charge is -2.13. The van der Waals surface area contributed by atoms with E-state index >= 15 is 0 Å². The van der Waals surface area contributed by atoms with E-state index in [2.05, 4.69) is 22.4 Å². The standard InChI is InChI=1S/C16H18N4O/c1-2-17-15(11-14-9-6-10-21-14)16-12-18-20(19-16)13-7-4-3-5-8-13/h3-10,12,15,17H,2,11H2,1H3. The van der Waals surface area contributed by atoms with Crippen molar-refractivity contribution in [1.29, 1.82) is 0 Å². The van der Waals surface area contributed by atoms with Crippen LogP contribution in [-0.4, -0.2) is 21.5 Å². The van der Waals surface area contributed by atoms with E-state index in [9.17, 15) is 0 Å². The first-order chi connectivity index (χ1) is 10.4. The maximum Gasteiger partial charge on any atom is 0.105 e. The second kappa shape index (κ2) is 6.37. The molecular formula is C16H18N4O. The predicted octanol–water partition coefficient (Wildman–Crippen LogP) is 2.75. The van der Waals surface area contributed by atoms with E-state index in [1.807, 2.05) is 48.7 Å². The zero-order chi connectivity index (χ0) is 14.5. The quantitative estimate of drug-likeness (QED) is 0.755. The minimum Gasteiger partial charge on any atom is -0.469 e. The first kappa shape index (κ1) is 13.6. The highest BCUT2D eigenvalue weighted by Gasteiger charge is 2.16. The van der Waals surface area contributed by atoms with Crippen molar-refractivity contribution in [2.45, 2.75) is 19.4 Å². The molecule has 2 aromatic heterocycles. The third-order valence-electron chi connectivity index (χ3n) is 3.29. The zero-order valence-electron chi connectivity index (χ0n) is 11.9. The van der Waals surface area contributed by atoms with Crippen molar-refractivity contribution in [2.75, 3.05) is 6.54 Å². The van der Waals surface area contributed by atoms with Gasteiger partial charge >= 0.3 is 0 Å². The maximum absolute atomic E-state index is 5.43. The van der Waals surface area contributed by atoms with Gasteiger partial charge in [0.1, 0.15) is 11.5 Å². The van der Waals surface area contributed by atoms with Gasteiger partial charge in [-0.05, 0) is 30.8 Å². The number of para-hydroxylation sites is 1. The highest BCUT2D eigenvalue weighted by atomic mass is 16.3. The van der Waals surface area contributed by atoms with E-state index in [0.717, 1.165) is 30.1 Å². The normalized spacial score (nSPS) is 12.4. The van der Waals surface area contributed by atoms with Gasteiger partial charge in [0, 0.05) is 6.42 Å². The van der Waals surface area contributed by atoms with Crippen LogP contribution in [0.15, 0.2) is 59.3 Å². The first-order valence-corrected chi connectivity index (χ1v) is 7.10. The van der Waals surface area contributed by atoms with Gasteiger partial charge in [0.05, 0.1) is 24.2 Å². The molecule has 0 aliphatic rings. The summed E-state index contributed by atoms with van der Waals surface area (Å²) >= 11 is 0. The van der Waals surface area contributed by atoms with Crippen LogP contribution in [0.2, 0.25) is 0 Å². The number of benzene rings is 1. The van der Waals surface area contributed by atoms with E-state index < -0.39 is 0 Å². The Bertz CT molecular complexity index is 661. The molecule has 0 radical (unpaired) electrons. The monoisotopic (exact) mass is 282 g/mol. The van der Waals surface area contributed by atoms with Crippen LogP contribution in [-0.2, 0) is 6.42 Å². The Balaban J connectivity index is 1.81. The minimum absolute atomic E-state index is 0.0959. The van der Waals surface area contributed by atoms with Crippen LogP contribution in [0.5, 0.6) is 0 Å². The van der Waals surface area contributed by atoms with Crippen LogP contribution in [0.4, 0.5) is 0 Å². The molecule has 5 heteroatoms. The van der Waals surface area contributed by atoms with Crippen LogP contribution in [0.1, 0.15) is 24.4 Å². The van der Waals surface area contributed by atoms with Crippen LogP contribution in [0, 0.1) is 0 Å². The topological polar surface area (TPSA) is 55.9 Å². The highest BCUT2D eigenvalue weighted by molar-refractivity contribution is 5.28. The maximum atomic E-state index is 5.43. The SMILES string of the molecule is CCNC(Cc1ccco1)c1cnn(-c2ccccc2)n1. The van der Waals surface area contributed by atoms with E-state index in [0.29, 0.717) is 0 Å². The summed E-state index contributed by atoms with van der Waals surface area (Å²) < 4.78 is 5.43. The van der Waals surface area contributed by atoms with Crippen molar-refractivity contribution in [1.82, 2.24) is 20.3 Å². The molecule has 0 aliphatic carbocycles. The summed E-state index contributed by atoms with van der Waals surface area (Å²) in [6.07, 6.45) is 4.26. The Labute approximate surface area is 123 Å². The van der Waals surface area contributed by atoms with Gasteiger partial charge in [-0.2, -0.15) is 15.0 Å². The molecule has 1 unspecified atom stereocenters. The average Bonchev–Trinajstić information content (AvgIpc) is 3.19. The summed E-state index contributed by atoms with van der Waals surface area (Å²) in [5.41, 5.74) is 1.87. The second-order valence-corrected chi connectivity index (χ2v) is 4.79. The van der Waals surface area contributed by atoms with Crippen LogP contribution in [0.3, 0.4) is 0 Å². The van der Waals surface area contributed by atoms with Crippen molar-refractivity contribution >= 4 is 0 Å². The largest absolute Gasteiger partial charge is 0.469 e. The average molecular weight is 282 g/mol. The highest BCUT2D eigenvalue weighted by Crippen LogP contribution is 2.17. The molecule has 1 N–H and O–H groups in total. The Morgan fingerprint density at radius 3 is 2.76 bits per heavy atom. The van der Waals surface area contributed by atoms with E-state index in [-0.39, 0.29) is 6.04 Å². The molecule has 5 nitrogen and oxygen atoms in total. The molecule has 3 rings (SSSR count). The van der Waals surface area contributed by atoms with Crippen molar-refractivity contribution in [3.05, 3.63) is 66.4 Å². The fourth-order valence-corrected chi connectivity index (χ4v) is 2.28. The predicted molar refractivity (Wildman–Crippen MR) is 80.2 cm³/mol. The van der Waals surface area contributed by atoms with Crippen LogP contribution in [0.25, 0.3) is 5.69 Å². The number of hydrogen-bond donors (Lipinski definition) is 1. The summed E-state index contributed by atoms with van der Waals surface area (Å²) in [6.45, 7) is 2.94. The van der Waals surface area contributed by atoms with Crippen molar-refractivity contribution in [3.63, 3.8) is 0 Å². The van der Waals surface area contributed by atoms with Gasteiger partial charge in [0.2, 0.25) is 0 Å². The smallest absolute Gasteiger partial charge is 0.105 e. The lowest BCUT2D eigenvalue weighted by molar-refractivity contribution is 0.448. The van der Waals surface area contributed by atoms with E-state index in [4.69, 9.17) is 4.42 Å². The molecule has 2 heterocycles. The molecule has 0 saturated carbocycles. The van der Waals surface area contributed by atoms with Gasteiger partial charge in [-0.15, -0.1) is 0 Å². The van der Waals surface area contributed by atoms with Crippen molar-refractivity contribution < 1.29 is 4.42 Å². The van der Waals surface area contributed by atoms with Crippen molar-refractivity contribution in [2.24, 2.45) is 0 Å². The van der Waals surface area contributed by atoms with Gasteiger partial charge < -0.3 is 9.73 Å². The molecule has 108 valence electrons. The Morgan fingerprint density at radius 2 is 2.05 bits per heavy atom. The number of nitrogens with one attached hydrogen (secondary N) is 1. The third kappa shape index (κ3) is 3.20. The number of rotatable bonds is 6. The Morgan fingerprint density at radius 1 is 1.19 bits per heavy atom. The molecule has 0 spiro atoms. The minimum atomic E-state index is 0.0959. The van der Waals surface area contributed by atoms with Gasteiger partial charge in [0.15, 0.2) is 0 Å². The Kier molecular flexibility index (Phi) is 4.12. The molecule has 0 amide bonds. The lowest BCUT2D eigenvalue weighted by Crippen LogP contribution is -2.23. The molecule has 0 fully saturated rings. The second-order valence-electron chi connectivity index (χ2n) is 4.79. The van der Waals surface area contributed by atoms with Crippen LogP contribution < -0.4 is 5.32 Å². The third-order valence-corrected chi connectivity index (χ3v) is 3.29. The number of hydrogen-bond acceptors (Lipinski definition) is 4. The number of aromatic nitrogens is 3. The molecular weight excluding hydrogens is 264 g/mol. The first-order valence-electron chi connectivity index (χ1n) is 7.10. The number of furan rings is 1. The number of likely N-dealkylation sites (N-methyl/N-ethyl adjacent to an activating group) is 1. The summed E-state index contributed by atoms with van der Waals surface area (Å²) in [4.78, 5) is 1.65. The molecule has 0 saturated heterocycles. The van der Waals surface area contributed by atoms with Gasteiger partial charge in [-0.25, -0.2) is 0 Å². The summed E-state index contributed by atoms with van der Waals surface area (Å²) in [7, 11) is 0. The van der Waals surface area contributed by atoms with Gasteiger partial charge in [0.25, 0.3) is 0 Å². The fraction of sp³-hybridized carbons (Fsp3) is 0.250. The fourth-order valence-electron chi connectivity index (χ4n) is 2.28. The summed E-state index contributed by atoms with van der Waals surface area (Å²) in [6, 6.07) is 13.9.